The van der Waals surface area contributed by atoms with Crippen LogP contribution in [-0.4, -0.2) is 21.7 Å². The Morgan fingerprint density at radius 2 is 0.893 bits per heavy atom. The van der Waals surface area contributed by atoms with Gasteiger partial charge in [0.1, 0.15) is 0 Å². The molecule has 6 aromatic rings. The number of nitrogens with one attached hydrogen (secondary N) is 2. The van der Waals surface area contributed by atoms with Crippen LogP contribution in [0, 0.1) is 20.2 Å². The largest absolute Gasteiger partial charge is 3.00 e. The van der Waals surface area contributed by atoms with Crippen LogP contribution in [-0.2, 0) is 27.0 Å². The molecule has 18 nitrogen and oxygen atoms in total. The van der Waals surface area contributed by atoms with Gasteiger partial charge in [-0.1, -0.05) is 83.7 Å². The zero-order valence-corrected chi connectivity index (χ0v) is 30.7. The number of nitrogens with zero attached hydrogens (tertiary/aromatic N) is 6. The molecule has 0 aliphatic rings. The zero-order valence-electron chi connectivity index (χ0n) is 29.4. The van der Waals surface area contributed by atoms with E-state index >= 15 is 0 Å². The van der Waals surface area contributed by atoms with Crippen molar-refractivity contribution in [1.82, 2.24) is 0 Å². The molecule has 0 aliphatic carbocycles. The SMILES string of the molecule is CC(=O)Nc1cccc2ccc([O-])c(N=Nc3cc([N+](=O)[O-])ccc3[O-])c12.CC(=O)Nc1cccc2ccc([O-])c(N=Nc3cc([N+](=O)[O-])ccc3[O-])c12.[Cr+3].[Li+]. The summed E-state index contributed by atoms with van der Waals surface area (Å²) in [5.41, 5.74) is -0.590. The van der Waals surface area contributed by atoms with Crippen LogP contribution in [0.4, 0.5) is 45.5 Å². The van der Waals surface area contributed by atoms with Crippen LogP contribution >= 0.6 is 0 Å². The van der Waals surface area contributed by atoms with Crippen LogP contribution in [0.1, 0.15) is 13.8 Å². The smallest absolute Gasteiger partial charge is 0.871 e. The van der Waals surface area contributed by atoms with Gasteiger partial charge < -0.3 is 31.1 Å². The Bertz CT molecular complexity index is 2380. The summed E-state index contributed by atoms with van der Waals surface area (Å²) in [6.45, 7) is 2.65. The topological polar surface area (TPSA) is 286 Å². The van der Waals surface area contributed by atoms with Gasteiger partial charge in [0, 0.05) is 48.9 Å². The van der Waals surface area contributed by atoms with E-state index in [4.69, 9.17) is 0 Å². The van der Waals surface area contributed by atoms with E-state index < -0.39 is 32.8 Å². The van der Waals surface area contributed by atoms with Crippen molar-refractivity contribution in [3.05, 3.63) is 117 Å². The summed E-state index contributed by atoms with van der Waals surface area (Å²) in [7, 11) is 0. The van der Waals surface area contributed by atoms with Crippen molar-refractivity contribution in [2.24, 2.45) is 20.5 Å². The van der Waals surface area contributed by atoms with E-state index in [1.807, 2.05) is 0 Å². The summed E-state index contributed by atoms with van der Waals surface area (Å²) in [6, 6.07) is 21.9. The fraction of sp³-hybridized carbons (Fsp3) is 0.0556. The van der Waals surface area contributed by atoms with E-state index in [9.17, 15) is 50.2 Å². The molecule has 0 spiro atoms. The Balaban J connectivity index is 0.000000290. The van der Waals surface area contributed by atoms with Crippen LogP contribution in [0.25, 0.3) is 21.5 Å². The van der Waals surface area contributed by atoms with E-state index in [2.05, 4.69) is 31.1 Å². The molecule has 0 aliphatic heterocycles. The summed E-state index contributed by atoms with van der Waals surface area (Å²) in [4.78, 5) is 43.2. The van der Waals surface area contributed by atoms with Gasteiger partial charge in [-0.15, -0.1) is 0 Å². The molecule has 0 bridgehead atoms. The van der Waals surface area contributed by atoms with E-state index in [1.165, 1.54) is 26.0 Å². The minimum atomic E-state index is -0.662. The fourth-order valence-electron chi connectivity index (χ4n) is 5.07. The van der Waals surface area contributed by atoms with Gasteiger partial charge in [-0.3, -0.25) is 29.8 Å². The second kappa shape index (κ2) is 18.9. The van der Waals surface area contributed by atoms with Gasteiger partial charge in [0.05, 0.1) is 44.0 Å². The van der Waals surface area contributed by atoms with Crippen LogP contribution < -0.4 is 49.9 Å². The number of rotatable bonds is 8. The molecule has 275 valence electrons. The third-order valence-electron chi connectivity index (χ3n) is 7.41. The van der Waals surface area contributed by atoms with Crippen molar-refractivity contribution >= 4 is 78.9 Å². The number of hydrogen-bond donors (Lipinski definition) is 2. The second-order valence-corrected chi connectivity index (χ2v) is 11.2. The number of amides is 2. The Morgan fingerprint density at radius 1 is 0.536 bits per heavy atom. The normalized spacial score (nSPS) is 10.6. The first-order chi connectivity index (χ1) is 25.7. The van der Waals surface area contributed by atoms with Gasteiger partial charge in [0.25, 0.3) is 11.4 Å². The predicted octanol–water partition coefficient (Wildman–Crippen LogP) is 3.54. The molecule has 20 heteroatoms. The second-order valence-electron chi connectivity index (χ2n) is 11.2. The number of non-ortho nitro benzene ring substituents is 2. The molecule has 6 aromatic carbocycles. The number of nitro groups is 2. The molecule has 0 heterocycles. The van der Waals surface area contributed by atoms with Crippen LogP contribution in [0.2, 0.25) is 0 Å². The number of anilines is 2. The quantitative estimate of drug-likeness (QED) is 0.0979. The number of fused-ring (bicyclic) bond motifs is 2. The molecule has 0 atom stereocenters. The Hall–Kier alpha value is -6.89. The number of azo groups is 2. The van der Waals surface area contributed by atoms with Crippen molar-refractivity contribution < 1.29 is 76.1 Å². The van der Waals surface area contributed by atoms with Gasteiger partial charge in [0.2, 0.25) is 11.8 Å². The molecule has 0 fully saturated rings. The fourth-order valence-corrected chi connectivity index (χ4v) is 5.07. The maximum absolute atomic E-state index is 12.3. The van der Waals surface area contributed by atoms with Crippen molar-refractivity contribution in [2.75, 3.05) is 10.6 Å². The van der Waals surface area contributed by atoms with Crippen LogP contribution in [0.3, 0.4) is 0 Å². The monoisotopic (exact) mass is 787 g/mol. The number of benzene rings is 6. The molecule has 0 saturated carbocycles. The van der Waals surface area contributed by atoms with E-state index in [1.54, 1.807) is 48.5 Å². The van der Waals surface area contributed by atoms with Gasteiger partial charge in [-0.2, -0.15) is 20.5 Å². The van der Waals surface area contributed by atoms with Crippen molar-refractivity contribution in [3.8, 4) is 23.0 Å². The third kappa shape index (κ3) is 10.2. The molecule has 6 rings (SSSR count). The van der Waals surface area contributed by atoms with Gasteiger partial charge in [0.15, 0.2) is 0 Å². The molecule has 1 radical (unpaired) electrons. The summed E-state index contributed by atoms with van der Waals surface area (Å²) in [6.07, 6.45) is 0. The third-order valence-corrected chi connectivity index (χ3v) is 7.41. The average molecular weight is 788 g/mol. The summed E-state index contributed by atoms with van der Waals surface area (Å²) in [5, 5.41) is 92.5. The summed E-state index contributed by atoms with van der Waals surface area (Å²) in [5.74, 6) is -2.74. The van der Waals surface area contributed by atoms with Gasteiger partial charge >= 0.3 is 36.2 Å². The Kier molecular flexibility index (Phi) is 14.7. The molecule has 0 saturated heterocycles. The first-order valence-electron chi connectivity index (χ1n) is 15.5. The van der Waals surface area contributed by atoms with Crippen LogP contribution in [0.15, 0.2) is 118 Å². The number of carbonyl (C=O) groups is 2. The van der Waals surface area contributed by atoms with Crippen molar-refractivity contribution in [2.45, 2.75) is 13.8 Å². The minimum absolute atomic E-state index is 0. The van der Waals surface area contributed by atoms with E-state index in [0.29, 0.717) is 32.9 Å². The number of carbonyl (C=O) groups excluding carboxylic acids is 2. The van der Waals surface area contributed by atoms with Crippen molar-refractivity contribution in [1.29, 1.82) is 0 Å². The molecule has 2 N–H and O–H groups in total. The van der Waals surface area contributed by atoms with Crippen LogP contribution in [0.5, 0.6) is 23.0 Å². The average Bonchev–Trinajstić information content (AvgIpc) is 3.12. The first-order valence-corrected chi connectivity index (χ1v) is 15.5. The molecule has 0 aromatic heterocycles. The predicted molar refractivity (Wildman–Crippen MR) is 189 cm³/mol. The Labute approximate surface area is 338 Å². The maximum atomic E-state index is 12.3. The van der Waals surface area contributed by atoms with Gasteiger partial charge in [-0.05, 0) is 22.9 Å². The molecule has 2 amide bonds. The summed E-state index contributed by atoms with van der Waals surface area (Å²) >= 11 is 0. The molecule has 56 heavy (non-hydrogen) atoms. The van der Waals surface area contributed by atoms with Crippen molar-refractivity contribution in [3.63, 3.8) is 0 Å². The van der Waals surface area contributed by atoms with E-state index in [-0.39, 0.29) is 82.2 Å². The summed E-state index contributed by atoms with van der Waals surface area (Å²) < 4.78 is 0. The molecule has 0 unspecified atom stereocenters. The number of hydrogen-bond acceptors (Lipinski definition) is 14. The standard InChI is InChI=1S/2C18H14N4O5.Cr.Li/c2*1-10(23)19-13-4-2-3-11-5-7-16(25)18(17(11)13)21-20-14-9-12(22(26)27)6-8-15(14)24;;/h2*2-9,24-25H,1H3,(H,19,23);;/q;;+3;+1/p-4. The zero-order chi connectivity index (χ0) is 39.1. The number of nitro benzene ring substituents is 2. The van der Waals surface area contributed by atoms with E-state index in [0.717, 1.165) is 36.4 Å². The van der Waals surface area contributed by atoms with Gasteiger partial charge in [-0.25, -0.2) is 0 Å². The Morgan fingerprint density at radius 3 is 1.23 bits per heavy atom. The minimum Gasteiger partial charge on any atom is -0.871 e. The molecular formula is C36H24CrLiN8O10. The first kappa shape index (κ1) is 43.5. The maximum Gasteiger partial charge on any atom is 3.00 e. The molecular weight excluding hydrogens is 763 g/mol.